The number of nitrogens with zero attached hydrogens (tertiary/aromatic N) is 2. The van der Waals surface area contributed by atoms with E-state index in [1.54, 1.807) is 7.11 Å². The normalized spacial score (nSPS) is 16.7. The third-order valence-electron chi connectivity index (χ3n) is 3.31. The average Bonchev–Trinajstić information content (AvgIpc) is 2.26. The van der Waals surface area contributed by atoms with E-state index in [0.717, 1.165) is 25.2 Å². The summed E-state index contributed by atoms with van der Waals surface area (Å²) in [5.74, 6) is 0.549. The second-order valence-corrected chi connectivity index (χ2v) is 5.54. The number of ether oxygens (including phenoxy) is 1. The maximum absolute atomic E-state index is 5.90. The van der Waals surface area contributed by atoms with Crippen molar-refractivity contribution in [2.45, 2.75) is 39.3 Å². The van der Waals surface area contributed by atoms with Gasteiger partial charge in [-0.15, -0.1) is 0 Å². The molecule has 0 saturated heterocycles. The van der Waals surface area contributed by atoms with Crippen LogP contribution in [0.4, 0.5) is 5.69 Å². The van der Waals surface area contributed by atoms with Crippen molar-refractivity contribution in [1.82, 2.24) is 9.88 Å². The second-order valence-electron chi connectivity index (χ2n) is 5.54. The predicted molar refractivity (Wildman–Crippen MR) is 69.1 cm³/mol. The number of nitrogen functional groups attached to an aromatic ring is 1. The Morgan fingerprint density at radius 3 is 2.71 bits per heavy atom. The standard InChI is InChI=1S/C13H21N3O/c1-13(2,3)16-6-5-11-9(8-16)7-10(14)12(15-11)17-4/h7H,5-6,8,14H2,1-4H3. The van der Waals surface area contributed by atoms with Gasteiger partial charge in [0.2, 0.25) is 5.88 Å². The zero-order valence-electron chi connectivity index (χ0n) is 11.1. The van der Waals surface area contributed by atoms with Crippen molar-refractivity contribution in [3.8, 4) is 5.88 Å². The fraction of sp³-hybridized carbons (Fsp3) is 0.615. The van der Waals surface area contributed by atoms with E-state index < -0.39 is 0 Å². The molecule has 1 aliphatic rings. The van der Waals surface area contributed by atoms with Gasteiger partial charge in [-0.05, 0) is 32.4 Å². The Hall–Kier alpha value is -1.29. The van der Waals surface area contributed by atoms with Gasteiger partial charge < -0.3 is 10.5 Å². The number of aromatic nitrogens is 1. The van der Waals surface area contributed by atoms with Gasteiger partial charge in [-0.1, -0.05) is 0 Å². The van der Waals surface area contributed by atoms with Gasteiger partial charge in [0, 0.05) is 25.0 Å². The van der Waals surface area contributed by atoms with Crippen LogP contribution in [0.3, 0.4) is 0 Å². The fourth-order valence-electron chi connectivity index (χ4n) is 2.21. The topological polar surface area (TPSA) is 51.4 Å². The van der Waals surface area contributed by atoms with E-state index in [4.69, 9.17) is 10.5 Å². The summed E-state index contributed by atoms with van der Waals surface area (Å²) in [7, 11) is 1.61. The third-order valence-corrected chi connectivity index (χ3v) is 3.31. The van der Waals surface area contributed by atoms with Crippen LogP contribution in [0.15, 0.2) is 6.07 Å². The summed E-state index contributed by atoms with van der Waals surface area (Å²) in [6.45, 7) is 8.66. The monoisotopic (exact) mass is 235 g/mol. The van der Waals surface area contributed by atoms with Crippen LogP contribution in [0, 0.1) is 0 Å². The van der Waals surface area contributed by atoms with E-state index in [1.807, 2.05) is 6.07 Å². The molecule has 0 radical (unpaired) electrons. The number of rotatable bonds is 1. The average molecular weight is 235 g/mol. The molecule has 1 aromatic rings. The molecule has 17 heavy (non-hydrogen) atoms. The first-order valence-corrected chi connectivity index (χ1v) is 5.99. The molecule has 0 bridgehead atoms. The van der Waals surface area contributed by atoms with E-state index in [-0.39, 0.29) is 5.54 Å². The molecule has 0 amide bonds. The highest BCUT2D eigenvalue weighted by Crippen LogP contribution is 2.28. The lowest BCUT2D eigenvalue weighted by molar-refractivity contribution is 0.119. The van der Waals surface area contributed by atoms with Gasteiger partial charge >= 0.3 is 0 Å². The molecule has 94 valence electrons. The first kappa shape index (κ1) is 12.2. The minimum absolute atomic E-state index is 0.187. The van der Waals surface area contributed by atoms with Gasteiger partial charge in [0.05, 0.1) is 18.5 Å². The molecule has 4 nitrogen and oxygen atoms in total. The quantitative estimate of drug-likeness (QED) is 0.807. The summed E-state index contributed by atoms with van der Waals surface area (Å²) < 4.78 is 5.16. The Kier molecular flexibility index (Phi) is 3.00. The van der Waals surface area contributed by atoms with Crippen LogP contribution >= 0.6 is 0 Å². The summed E-state index contributed by atoms with van der Waals surface area (Å²) in [4.78, 5) is 6.92. The second kappa shape index (κ2) is 4.18. The van der Waals surface area contributed by atoms with Crippen molar-refractivity contribution in [3.05, 3.63) is 17.3 Å². The van der Waals surface area contributed by atoms with Crippen molar-refractivity contribution in [2.24, 2.45) is 0 Å². The van der Waals surface area contributed by atoms with Gasteiger partial charge in [0.1, 0.15) is 0 Å². The van der Waals surface area contributed by atoms with Crippen molar-refractivity contribution < 1.29 is 4.74 Å². The Balaban J connectivity index is 2.30. The molecule has 4 heteroatoms. The van der Waals surface area contributed by atoms with Gasteiger partial charge in [0.15, 0.2) is 0 Å². The first-order chi connectivity index (χ1) is 7.91. The lowest BCUT2D eigenvalue weighted by Gasteiger charge is -2.38. The summed E-state index contributed by atoms with van der Waals surface area (Å²) >= 11 is 0. The smallest absolute Gasteiger partial charge is 0.237 e. The third kappa shape index (κ3) is 2.36. The minimum atomic E-state index is 0.187. The highest BCUT2D eigenvalue weighted by Gasteiger charge is 2.27. The van der Waals surface area contributed by atoms with Crippen molar-refractivity contribution in [2.75, 3.05) is 19.4 Å². The largest absolute Gasteiger partial charge is 0.480 e. The minimum Gasteiger partial charge on any atom is -0.480 e. The van der Waals surface area contributed by atoms with Crippen LogP contribution in [0.5, 0.6) is 5.88 Å². The molecule has 0 atom stereocenters. The maximum Gasteiger partial charge on any atom is 0.237 e. The highest BCUT2D eigenvalue weighted by molar-refractivity contribution is 5.51. The number of anilines is 1. The number of hydrogen-bond donors (Lipinski definition) is 1. The van der Waals surface area contributed by atoms with Crippen molar-refractivity contribution in [3.63, 3.8) is 0 Å². The molecule has 2 heterocycles. The van der Waals surface area contributed by atoms with Gasteiger partial charge in [-0.25, -0.2) is 4.98 Å². The zero-order valence-corrected chi connectivity index (χ0v) is 11.1. The molecular formula is C13H21N3O. The van der Waals surface area contributed by atoms with Crippen LogP contribution in [0.1, 0.15) is 32.0 Å². The van der Waals surface area contributed by atoms with Crippen LogP contribution < -0.4 is 10.5 Å². The molecule has 0 spiro atoms. The molecule has 1 aliphatic heterocycles. The molecule has 0 aromatic carbocycles. The number of methoxy groups -OCH3 is 1. The van der Waals surface area contributed by atoms with Crippen LogP contribution in [-0.2, 0) is 13.0 Å². The molecule has 0 fully saturated rings. The number of fused-ring (bicyclic) bond motifs is 1. The van der Waals surface area contributed by atoms with E-state index >= 15 is 0 Å². The fourth-order valence-corrected chi connectivity index (χ4v) is 2.21. The highest BCUT2D eigenvalue weighted by atomic mass is 16.5. The van der Waals surface area contributed by atoms with E-state index in [1.165, 1.54) is 5.56 Å². The maximum atomic E-state index is 5.90. The SMILES string of the molecule is COc1nc2c(cc1N)CN(C(C)(C)C)CC2. The molecule has 2 N–H and O–H groups in total. The summed E-state index contributed by atoms with van der Waals surface area (Å²) in [5, 5.41) is 0. The van der Waals surface area contributed by atoms with E-state index in [2.05, 4.69) is 30.7 Å². The number of pyridine rings is 1. The Labute approximate surface area is 103 Å². The lowest BCUT2D eigenvalue weighted by atomic mass is 9.98. The molecule has 1 aromatic heterocycles. The molecular weight excluding hydrogens is 214 g/mol. The summed E-state index contributed by atoms with van der Waals surface area (Å²) in [5.41, 5.74) is 9.07. The Morgan fingerprint density at radius 1 is 1.41 bits per heavy atom. The van der Waals surface area contributed by atoms with Gasteiger partial charge in [0.25, 0.3) is 0 Å². The Morgan fingerprint density at radius 2 is 2.12 bits per heavy atom. The van der Waals surface area contributed by atoms with Crippen molar-refractivity contribution >= 4 is 5.69 Å². The first-order valence-electron chi connectivity index (χ1n) is 5.99. The Bertz CT molecular complexity index is 423. The van der Waals surface area contributed by atoms with Crippen molar-refractivity contribution in [1.29, 1.82) is 0 Å². The van der Waals surface area contributed by atoms with E-state index in [0.29, 0.717) is 11.6 Å². The molecule has 0 saturated carbocycles. The van der Waals surface area contributed by atoms with Crippen LogP contribution in [0.2, 0.25) is 0 Å². The van der Waals surface area contributed by atoms with Gasteiger partial charge in [-0.2, -0.15) is 0 Å². The number of hydrogen-bond acceptors (Lipinski definition) is 4. The van der Waals surface area contributed by atoms with Crippen LogP contribution in [-0.4, -0.2) is 29.1 Å². The van der Waals surface area contributed by atoms with Gasteiger partial charge in [-0.3, -0.25) is 4.90 Å². The van der Waals surface area contributed by atoms with E-state index in [9.17, 15) is 0 Å². The molecule has 0 aliphatic carbocycles. The predicted octanol–water partition coefficient (Wildman–Crippen LogP) is 1.83. The summed E-state index contributed by atoms with van der Waals surface area (Å²) in [6, 6.07) is 2.00. The number of nitrogens with two attached hydrogens (primary N) is 1. The zero-order chi connectivity index (χ0) is 12.6. The lowest BCUT2D eigenvalue weighted by Crippen LogP contribution is -2.44. The molecule has 0 unspecified atom stereocenters. The van der Waals surface area contributed by atoms with Crippen LogP contribution in [0.25, 0.3) is 0 Å². The summed E-state index contributed by atoms with van der Waals surface area (Å²) in [6.07, 6.45) is 0.962. The molecule has 2 rings (SSSR count).